The molecule has 1 fully saturated rings. The topological polar surface area (TPSA) is 99.5 Å². The fraction of sp³-hybridized carbons (Fsp3) is 0.565. The van der Waals surface area contributed by atoms with Gasteiger partial charge in [-0.2, -0.15) is 5.10 Å². The van der Waals surface area contributed by atoms with Crippen LogP contribution < -0.4 is 15.8 Å². The summed E-state index contributed by atoms with van der Waals surface area (Å²) in [4.78, 5) is 17.0. The van der Waals surface area contributed by atoms with Gasteiger partial charge in [0.2, 0.25) is 0 Å². The van der Waals surface area contributed by atoms with Crippen LogP contribution in [-0.4, -0.2) is 72.9 Å². The number of amides is 2. The molecule has 1 aromatic carbocycles. The molecule has 0 atom stereocenters. The Morgan fingerprint density at radius 3 is 2.71 bits per heavy atom. The third-order valence-corrected chi connectivity index (χ3v) is 5.74. The summed E-state index contributed by atoms with van der Waals surface area (Å²) in [5.74, 6) is 1.21. The van der Waals surface area contributed by atoms with Crippen molar-refractivity contribution in [1.29, 1.82) is 0 Å². The molecule has 8 heteroatoms. The van der Waals surface area contributed by atoms with Crippen LogP contribution in [0.1, 0.15) is 32.1 Å². The number of hydrogen-bond acceptors (Lipinski definition) is 5. The fourth-order valence-corrected chi connectivity index (χ4v) is 3.98. The predicted octanol–water partition coefficient (Wildman–Crippen LogP) is 3.39. The summed E-state index contributed by atoms with van der Waals surface area (Å²) in [5.41, 5.74) is 8.42. The molecule has 1 heterocycles. The first-order valence-electron chi connectivity index (χ1n) is 11.2. The van der Waals surface area contributed by atoms with Gasteiger partial charge in [-0.05, 0) is 50.6 Å². The Hall–Kier alpha value is -2.58. The van der Waals surface area contributed by atoms with Crippen molar-refractivity contribution in [3.05, 3.63) is 30.6 Å². The van der Waals surface area contributed by atoms with Gasteiger partial charge < -0.3 is 25.6 Å². The summed E-state index contributed by atoms with van der Waals surface area (Å²) in [6.07, 6.45) is 9.79. The molecule has 1 aliphatic carbocycles. The second-order valence-corrected chi connectivity index (χ2v) is 8.52. The van der Waals surface area contributed by atoms with Gasteiger partial charge in [0.25, 0.3) is 0 Å². The van der Waals surface area contributed by atoms with E-state index in [0.717, 1.165) is 24.2 Å². The summed E-state index contributed by atoms with van der Waals surface area (Å²) in [6.45, 7) is 3.06. The molecule has 170 valence electrons. The standard InChI is InChI=1S/C23H36N6O2/c1-28(2)12-13-31-22-14-19(20-15-25-26-16-20)8-9-21(22)27-23(30)29(11-10-24)17-18-6-4-3-5-7-18/h8-9,14-16,18H,3-7,10-13,17,24H2,1-2H3,(H,25,26)(H,27,30). The minimum atomic E-state index is -0.121. The number of rotatable bonds is 10. The number of ether oxygens (including phenoxy) is 1. The summed E-state index contributed by atoms with van der Waals surface area (Å²) < 4.78 is 6.05. The number of H-pyrrole nitrogens is 1. The van der Waals surface area contributed by atoms with Crippen molar-refractivity contribution in [2.75, 3.05) is 52.2 Å². The number of nitrogens with two attached hydrogens (primary N) is 1. The van der Waals surface area contributed by atoms with Crippen LogP contribution in [0.4, 0.5) is 10.5 Å². The Labute approximate surface area is 185 Å². The Balaban J connectivity index is 1.74. The third kappa shape index (κ3) is 6.97. The first-order chi connectivity index (χ1) is 15.1. The number of carbonyl (C=O) groups is 1. The molecule has 4 N–H and O–H groups in total. The second kappa shape index (κ2) is 11.7. The van der Waals surface area contributed by atoms with E-state index >= 15 is 0 Å². The third-order valence-electron chi connectivity index (χ3n) is 5.74. The van der Waals surface area contributed by atoms with Crippen LogP contribution in [0.2, 0.25) is 0 Å². The summed E-state index contributed by atoms with van der Waals surface area (Å²) in [5, 5.41) is 9.92. The van der Waals surface area contributed by atoms with E-state index in [1.165, 1.54) is 32.1 Å². The maximum atomic E-state index is 13.1. The number of benzene rings is 1. The van der Waals surface area contributed by atoms with Gasteiger partial charge in [-0.1, -0.05) is 25.3 Å². The molecular weight excluding hydrogens is 392 g/mol. The van der Waals surface area contributed by atoms with Crippen LogP contribution in [0.5, 0.6) is 5.75 Å². The minimum Gasteiger partial charge on any atom is -0.490 e. The minimum absolute atomic E-state index is 0.121. The molecule has 0 unspecified atom stereocenters. The first-order valence-corrected chi connectivity index (χ1v) is 11.2. The van der Waals surface area contributed by atoms with Gasteiger partial charge in [0.1, 0.15) is 12.4 Å². The van der Waals surface area contributed by atoms with Gasteiger partial charge in [-0.3, -0.25) is 5.10 Å². The van der Waals surface area contributed by atoms with Gasteiger partial charge >= 0.3 is 6.03 Å². The zero-order valence-electron chi connectivity index (χ0n) is 18.8. The number of hydrogen-bond donors (Lipinski definition) is 3. The van der Waals surface area contributed by atoms with E-state index < -0.39 is 0 Å². The van der Waals surface area contributed by atoms with Crippen LogP contribution in [0, 0.1) is 5.92 Å². The van der Waals surface area contributed by atoms with E-state index in [1.54, 1.807) is 6.20 Å². The van der Waals surface area contributed by atoms with E-state index in [-0.39, 0.29) is 6.03 Å². The molecular formula is C23H36N6O2. The maximum Gasteiger partial charge on any atom is 0.322 e. The number of nitrogens with one attached hydrogen (secondary N) is 2. The highest BCUT2D eigenvalue weighted by Gasteiger charge is 2.21. The lowest BCUT2D eigenvalue weighted by Crippen LogP contribution is -2.41. The zero-order chi connectivity index (χ0) is 22.1. The van der Waals surface area contributed by atoms with E-state index in [2.05, 4.69) is 20.4 Å². The molecule has 1 saturated carbocycles. The number of carbonyl (C=O) groups excluding carboxylic acids is 1. The van der Waals surface area contributed by atoms with Crippen LogP contribution in [0.25, 0.3) is 11.1 Å². The van der Waals surface area contributed by atoms with Crippen molar-refractivity contribution in [2.24, 2.45) is 11.7 Å². The van der Waals surface area contributed by atoms with E-state index in [9.17, 15) is 4.79 Å². The average molecular weight is 429 g/mol. The van der Waals surface area contributed by atoms with Crippen molar-refractivity contribution < 1.29 is 9.53 Å². The average Bonchev–Trinajstić information content (AvgIpc) is 3.30. The second-order valence-electron chi connectivity index (χ2n) is 8.52. The molecule has 8 nitrogen and oxygen atoms in total. The van der Waals surface area contributed by atoms with Crippen molar-refractivity contribution >= 4 is 11.7 Å². The largest absolute Gasteiger partial charge is 0.490 e. The highest BCUT2D eigenvalue weighted by molar-refractivity contribution is 5.91. The molecule has 0 aliphatic heterocycles. The highest BCUT2D eigenvalue weighted by Crippen LogP contribution is 2.31. The van der Waals surface area contributed by atoms with Crippen molar-refractivity contribution in [3.63, 3.8) is 0 Å². The number of aromatic nitrogens is 2. The summed E-state index contributed by atoms with van der Waals surface area (Å²) >= 11 is 0. The smallest absolute Gasteiger partial charge is 0.322 e. The molecule has 0 radical (unpaired) electrons. The molecule has 0 saturated heterocycles. The van der Waals surface area contributed by atoms with E-state index in [1.807, 2.05) is 43.4 Å². The highest BCUT2D eigenvalue weighted by atomic mass is 16.5. The molecule has 1 aliphatic rings. The molecule has 2 aromatic rings. The number of nitrogens with zero attached hydrogens (tertiary/aromatic N) is 3. The molecule has 3 rings (SSSR count). The summed E-state index contributed by atoms with van der Waals surface area (Å²) in [6, 6.07) is 5.69. The fourth-order valence-electron chi connectivity index (χ4n) is 3.98. The first kappa shape index (κ1) is 23.1. The van der Waals surface area contributed by atoms with Gasteiger partial charge in [0.15, 0.2) is 0 Å². The van der Waals surface area contributed by atoms with Gasteiger partial charge in [-0.25, -0.2) is 4.79 Å². The predicted molar refractivity (Wildman–Crippen MR) is 124 cm³/mol. The molecule has 1 aromatic heterocycles. The molecule has 0 bridgehead atoms. The maximum absolute atomic E-state index is 13.1. The van der Waals surface area contributed by atoms with Gasteiger partial charge in [0.05, 0.1) is 11.9 Å². The van der Waals surface area contributed by atoms with Crippen LogP contribution in [0.3, 0.4) is 0 Å². The number of anilines is 1. The lowest BCUT2D eigenvalue weighted by Gasteiger charge is -2.30. The Bertz CT molecular complexity index is 802. The van der Waals surface area contributed by atoms with Crippen LogP contribution >= 0.6 is 0 Å². The summed E-state index contributed by atoms with van der Waals surface area (Å²) in [7, 11) is 4.01. The Kier molecular flexibility index (Phi) is 8.73. The van der Waals surface area contributed by atoms with E-state index in [0.29, 0.717) is 37.1 Å². The van der Waals surface area contributed by atoms with E-state index in [4.69, 9.17) is 10.5 Å². The number of aromatic amines is 1. The van der Waals surface area contributed by atoms with Crippen molar-refractivity contribution in [3.8, 4) is 16.9 Å². The molecule has 2 amide bonds. The zero-order valence-corrected chi connectivity index (χ0v) is 18.8. The number of urea groups is 1. The Morgan fingerprint density at radius 2 is 2.03 bits per heavy atom. The lowest BCUT2D eigenvalue weighted by atomic mass is 9.89. The molecule has 0 spiro atoms. The monoisotopic (exact) mass is 428 g/mol. The molecule has 31 heavy (non-hydrogen) atoms. The van der Waals surface area contributed by atoms with Gasteiger partial charge in [-0.15, -0.1) is 0 Å². The van der Waals surface area contributed by atoms with Crippen LogP contribution in [-0.2, 0) is 0 Å². The van der Waals surface area contributed by atoms with Crippen LogP contribution in [0.15, 0.2) is 30.6 Å². The SMILES string of the molecule is CN(C)CCOc1cc(-c2cn[nH]c2)ccc1NC(=O)N(CCN)CC1CCCCC1. The van der Waals surface area contributed by atoms with Gasteiger partial charge in [0, 0.05) is 37.9 Å². The number of likely N-dealkylation sites (N-methyl/N-ethyl adjacent to an activating group) is 1. The van der Waals surface area contributed by atoms with Crippen molar-refractivity contribution in [1.82, 2.24) is 20.0 Å². The normalized spacial score (nSPS) is 14.6. The van der Waals surface area contributed by atoms with Crippen molar-refractivity contribution in [2.45, 2.75) is 32.1 Å². The Morgan fingerprint density at radius 1 is 1.23 bits per heavy atom. The quantitative estimate of drug-likeness (QED) is 0.539. The lowest BCUT2D eigenvalue weighted by molar-refractivity contribution is 0.192.